The molecule has 3 aromatic carbocycles. The number of rotatable bonds is 2. The van der Waals surface area contributed by atoms with Crippen molar-refractivity contribution in [3.63, 3.8) is 0 Å². The van der Waals surface area contributed by atoms with Gasteiger partial charge in [-0.15, -0.1) is 0 Å². The molecule has 1 nitrogen and oxygen atoms in total. The Morgan fingerprint density at radius 2 is 1.63 bits per heavy atom. The standard InChI is InChI=1S/C18H16O/c1-13-6-2-3-7-15(13)10-14-11-16-8-4-5-9-17(16)18(19)12-14/h2-9,11-12,19H,10H2,1H3. The quantitative estimate of drug-likeness (QED) is 0.710. The fourth-order valence-electron chi connectivity index (χ4n) is 2.48. The first-order valence-corrected chi connectivity index (χ1v) is 6.49. The Morgan fingerprint density at radius 1 is 0.895 bits per heavy atom. The first kappa shape index (κ1) is 11.8. The van der Waals surface area contributed by atoms with Gasteiger partial charge in [-0.3, -0.25) is 0 Å². The summed E-state index contributed by atoms with van der Waals surface area (Å²) in [6, 6.07) is 20.3. The van der Waals surface area contributed by atoms with Crippen molar-refractivity contribution in [3.05, 3.63) is 77.4 Å². The van der Waals surface area contributed by atoms with Crippen LogP contribution < -0.4 is 0 Å². The Bertz CT molecular complexity index is 729. The van der Waals surface area contributed by atoms with Crippen LogP contribution in [0.2, 0.25) is 0 Å². The highest BCUT2D eigenvalue weighted by atomic mass is 16.3. The van der Waals surface area contributed by atoms with Gasteiger partial charge in [0.2, 0.25) is 0 Å². The lowest BCUT2D eigenvalue weighted by Gasteiger charge is -2.08. The van der Waals surface area contributed by atoms with Crippen LogP contribution in [-0.4, -0.2) is 5.11 Å². The Kier molecular flexibility index (Phi) is 2.96. The number of phenolic OH excluding ortho intramolecular Hbond substituents is 1. The molecule has 3 aromatic rings. The molecule has 0 atom stereocenters. The number of hydrogen-bond donors (Lipinski definition) is 1. The summed E-state index contributed by atoms with van der Waals surface area (Å²) < 4.78 is 0. The van der Waals surface area contributed by atoms with Crippen molar-refractivity contribution in [1.29, 1.82) is 0 Å². The first-order valence-electron chi connectivity index (χ1n) is 6.49. The molecule has 3 rings (SSSR count). The molecule has 0 aliphatic heterocycles. The predicted molar refractivity (Wildman–Crippen MR) is 79.6 cm³/mol. The number of aryl methyl sites for hydroxylation is 1. The zero-order valence-electron chi connectivity index (χ0n) is 10.9. The molecule has 1 heteroatoms. The van der Waals surface area contributed by atoms with Gasteiger partial charge < -0.3 is 5.11 Å². The number of phenols is 1. The van der Waals surface area contributed by atoms with E-state index in [4.69, 9.17) is 0 Å². The second-order valence-corrected chi connectivity index (χ2v) is 4.94. The Hall–Kier alpha value is -2.28. The molecule has 1 N–H and O–H groups in total. The summed E-state index contributed by atoms with van der Waals surface area (Å²) in [5, 5.41) is 12.1. The van der Waals surface area contributed by atoms with Crippen molar-refractivity contribution in [1.82, 2.24) is 0 Å². The van der Waals surface area contributed by atoms with Crippen LogP contribution in [0.25, 0.3) is 10.8 Å². The van der Waals surface area contributed by atoms with Gasteiger partial charge in [-0.1, -0.05) is 54.6 Å². The highest BCUT2D eigenvalue weighted by Gasteiger charge is 2.04. The van der Waals surface area contributed by atoms with Crippen molar-refractivity contribution in [2.75, 3.05) is 0 Å². The van der Waals surface area contributed by atoms with Gasteiger partial charge in [-0.05, 0) is 41.5 Å². The van der Waals surface area contributed by atoms with Crippen molar-refractivity contribution in [2.24, 2.45) is 0 Å². The molecule has 0 amide bonds. The van der Waals surface area contributed by atoms with E-state index in [9.17, 15) is 5.11 Å². The molecule has 0 aliphatic rings. The number of fused-ring (bicyclic) bond motifs is 1. The maximum atomic E-state index is 10.1. The molecule has 0 spiro atoms. The maximum Gasteiger partial charge on any atom is 0.123 e. The zero-order chi connectivity index (χ0) is 13.2. The van der Waals surface area contributed by atoms with E-state index >= 15 is 0 Å². The lowest BCUT2D eigenvalue weighted by molar-refractivity contribution is 0.481. The average Bonchev–Trinajstić information content (AvgIpc) is 2.42. The Balaban J connectivity index is 2.04. The summed E-state index contributed by atoms with van der Waals surface area (Å²) in [5.41, 5.74) is 3.73. The van der Waals surface area contributed by atoms with Crippen molar-refractivity contribution < 1.29 is 5.11 Å². The molecule has 0 heterocycles. The minimum Gasteiger partial charge on any atom is -0.507 e. The van der Waals surface area contributed by atoms with Crippen LogP contribution in [0.5, 0.6) is 5.75 Å². The summed E-state index contributed by atoms with van der Waals surface area (Å²) in [4.78, 5) is 0. The van der Waals surface area contributed by atoms with Gasteiger partial charge in [-0.2, -0.15) is 0 Å². The normalized spacial score (nSPS) is 10.8. The van der Waals surface area contributed by atoms with E-state index in [2.05, 4.69) is 37.3 Å². The molecule has 0 unspecified atom stereocenters. The van der Waals surface area contributed by atoms with E-state index in [1.165, 1.54) is 11.1 Å². The van der Waals surface area contributed by atoms with Gasteiger partial charge in [0, 0.05) is 5.39 Å². The van der Waals surface area contributed by atoms with Gasteiger partial charge in [0.15, 0.2) is 0 Å². The third-order valence-corrected chi connectivity index (χ3v) is 3.56. The zero-order valence-corrected chi connectivity index (χ0v) is 10.9. The molecule has 0 aliphatic carbocycles. The SMILES string of the molecule is Cc1ccccc1Cc1cc(O)c2ccccc2c1. The van der Waals surface area contributed by atoms with Gasteiger partial charge in [0.05, 0.1) is 0 Å². The lowest BCUT2D eigenvalue weighted by Crippen LogP contribution is -1.91. The van der Waals surface area contributed by atoms with Crippen LogP contribution in [0.3, 0.4) is 0 Å². The summed E-state index contributed by atoms with van der Waals surface area (Å²) in [5.74, 6) is 0.363. The van der Waals surface area contributed by atoms with Crippen LogP contribution in [0.1, 0.15) is 16.7 Å². The molecule has 0 bridgehead atoms. The predicted octanol–water partition coefficient (Wildman–Crippen LogP) is 4.44. The minimum atomic E-state index is 0.363. The lowest BCUT2D eigenvalue weighted by atomic mass is 9.98. The third-order valence-electron chi connectivity index (χ3n) is 3.56. The minimum absolute atomic E-state index is 0.363. The van der Waals surface area contributed by atoms with E-state index in [1.807, 2.05) is 30.3 Å². The smallest absolute Gasteiger partial charge is 0.123 e. The van der Waals surface area contributed by atoms with Gasteiger partial charge in [0.25, 0.3) is 0 Å². The van der Waals surface area contributed by atoms with Crippen LogP contribution in [0.15, 0.2) is 60.7 Å². The Morgan fingerprint density at radius 3 is 2.47 bits per heavy atom. The monoisotopic (exact) mass is 248 g/mol. The fraction of sp³-hybridized carbons (Fsp3) is 0.111. The van der Waals surface area contributed by atoms with E-state index in [0.29, 0.717) is 5.75 Å². The largest absolute Gasteiger partial charge is 0.507 e. The fourth-order valence-corrected chi connectivity index (χ4v) is 2.48. The summed E-state index contributed by atoms with van der Waals surface area (Å²) in [6.07, 6.45) is 0.852. The van der Waals surface area contributed by atoms with Crippen molar-refractivity contribution >= 4 is 10.8 Å². The highest BCUT2D eigenvalue weighted by Crippen LogP contribution is 2.27. The van der Waals surface area contributed by atoms with Crippen molar-refractivity contribution in [3.8, 4) is 5.75 Å². The molecule has 0 saturated carbocycles. The van der Waals surface area contributed by atoms with Gasteiger partial charge in [0.1, 0.15) is 5.75 Å². The topological polar surface area (TPSA) is 20.2 Å². The molecule has 0 aromatic heterocycles. The van der Waals surface area contributed by atoms with E-state index in [-0.39, 0.29) is 0 Å². The molecule has 0 fully saturated rings. The average molecular weight is 248 g/mol. The van der Waals surface area contributed by atoms with E-state index in [0.717, 1.165) is 22.8 Å². The van der Waals surface area contributed by atoms with Crippen LogP contribution in [0, 0.1) is 6.92 Å². The van der Waals surface area contributed by atoms with E-state index < -0.39 is 0 Å². The van der Waals surface area contributed by atoms with E-state index in [1.54, 1.807) is 0 Å². The van der Waals surface area contributed by atoms with Crippen LogP contribution in [-0.2, 0) is 6.42 Å². The molecule has 0 radical (unpaired) electrons. The second-order valence-electron chi connectivity index (χ2n) is 4.94. The second kappa shape index (κ2) is 4.77. The molecular weight excluding hydrogens is 232 g/mol. The van der Waals surface area contributed by atoms with Gasteiger partial charge >= 0.3 is 0 Å². The molecular formula is C18H16O. The Labute approximate surface area is 113 Å². The highest BCUT2D eigenvalue weighted by molar-refractivity contribution is 5.88. The number of aromatic hydroxyl groups is 1. The summed E-state index contributed by atoms with van der Waals surface area (Å²) >= 11 is 0. The number of hydrogen-bond acceptors (Lipinski definition) is 1. The third kappa shape index (κ3) is 2.32. The van der Waals surface area contributed by atoms with Crippen LogP contribution >= 0.6 is 0 Å². The van der Waals surface area contributed by atoms with Gasteiger partial charge in [-0.25, -0.2) is 0 Å². The van der Waals surface area contributed by atoms with Crippen molar-refractivity contribution in [2.45, 2.75) is 13.3 Å². The molecule has 19 heavy (non-hydrogen) atoms. The number of benzene rings is 3. The maximum absolute atomic E-state index is 10.1. The molecule has 94 valence electrons. The molecule has 0 saturated heterocycles. The summed E-state index contributed by atoms with van der Waals surface area (Å²) in [7, 11) is 0. The van der Waals surface area contributed by atoms with Crippen LogP contribution in [0.4, 0.5) is 0 Å². The first-order chi connectivity index (χ1) is 9.24. The summed E-state index contributed by atoms with van der Waals surface area (Å²) in [6.45, 7) is 2.12.